The number of carbonyl (C=O) groups is 2. The molecule has 4 rings (SSSR count). The molecule has 25 heavy (non-hydrogen) atoms. The standard InChI is InChI=1S/C15H19IN4O4S/c1-7-11(10-8(2)24-15(10)23)18-12(14(21)22)13(7)25-9-3-19-6-17-5-16-20(19)4-9/h5-11,13H,3-4H2,1-2H3,(H,21,22)/t7-,8-,9?,10-,11-,13?/m1/s1. The van der Waals surface area contributed by atoms with E-state index in [1.165, 1.54) is 0 Å². The van der Waals surface area contributed by atoms with Crippen LogP contribution >= 0.6 is 32.8 Å². The highest BCUT2D eigenvalue weighted by atomic mass is 127. The van der Waals surface area contributed by atoms with E-state index in [9.17, 15) is 14.7 Å². The van der Waals surface area contributed by atoms with Crippen LogP contribution in [0.5, 0.6) is 0 Å². The molecular formula is C15H19IN4O4S. The van der Waals surface area contributed by atoms with E-state index < -0.39 is 5.97 Å². The minimum atomic E-state index is -0.981. The van der Waals surface area contributed by atoms with Crippen LogP contribution < -0.4 is 0 Å². The molecule has 0 aromatic carbocycles. The number of fused-ring (bicyclic) bond motifs is 1. The van der Waals surface area contributed by atoms with Crippen LogP contribution in [0.2, 0.25) is 0 Å². The summed E-state index contributed by atoms with van der Waals surface area (Å²) < 4.78 is 9.34. The highest BCUT2D eigenvalue weighted by Gasteiger charge is 2.53. The summed E-state index contributed by atoms with van der Waals surface area (Å²) in [4.78, 5) is 32.2. The number of hydrazine groups is 1. The zero-order valence-corrected chi connectivity index (χ0v) is 16.8. The molecule has 2 saturated heterocycles. The van der Waals surface area contributed by atoms with Crippen molar-refractivity contribution in [1.29, 1.82) is 0 Å². The number of thioether (sulfide) groups is 1. The Bertz CT molecular complexity index is 679. The van der Waals surface area contributed by atoms with E-state index in [0.717, 1.165) is 13.1 Å². The molecule has 6 atom stereocenters. The number of carboxylic acid groups (broad SMARTS) is 1. The van der Waals surface area contributed by atoms with Crippen LogP contribution in [0.25, 0.3) is 0 Å². The summed E-state index contributed by atoms with van der Waals surface area (Å²) >= 11 is 1.46. The van der Waals surface area contributed by atoms with E-state index in [-0.39, 0.29) is 61.9 Å². The van der Waals surface area contributed by atoms with Crippen LogP contribution in [0.1, 0.15) is 13.8 Å². The van der Waals surface area contributed by atoms with Crippen LogP contribution in [-0.2, 0) is 14.3 Å². The van der Waals surface area contributed by atoms with Gasteiger partial charge in [-0.25, -0.2) is 9.79 Å². The third-order valence-electron chi connectivity index (χ3n) is 5.02. The minimum absolute atomic E-state index is 0.000967. The Kier molecular flexibility index (Phi) is 4.61. The maximum Gasteiger partial charge on any atom is 0.350 e. The van der Waals surface area contributed by atoms with Crippen LogP contribution in [0.15, 0.2) is 9.98 Å². The van der Waals surface area contributed by atoms with Gasteiger partial charge in [-0.1, -0.05) is 6.92 Å². The van der Waals surface area contributed by atoms with Gasteiger partial charge in [0.15, 0.2) is 0 Å². The highest BCUT2D eigenvalue weighted by Crippen LogP contribution is 2.42. The summed E-state index contributed by atoms with van der Waals surface area (Å²) in [5.41, 5.74) is 0.198. The van der Waals surface area contributed by atoms with Gasteiger partial charge in [0.05, 0.1) is 15.4 Å². The molecule has 0 aromatic heterocycles. The van der Waals surface area contributed by atoms with Gasteiger partial charge in [-0.15, -0.1) is 11.8 Å². The van der Waals surface area contributed by atoms with E-state index in [0.29, 0.717) is 5.25 Å². The molecule has 0 radical (unpaired) electrons. The number of aliphatic imine (C=N–C) groups is 2. The predicted octanol–water partition coefficient (Wildman–Crippen LogP) is 0.782. The Morgan fingerprint density at radius 1 is 1.44 bits per heavy atom. The second-order valence-corrected chi connectivity index (χ2v) is 10.3. The Morgan fingerprint density at radius 3 is 2.88 bits per heavy atom. The Balaban J connectivity index is 1.50. The van der Waals surface area contributed by atoms with Crippen LogP contribution in [0.3, 0.4) is 0 Å². The Morgan fingerprint density at radius 2 is 2.24 bits per heavy atom. The fourth-order valence-corrected chi connectivity index (χ4v) is 7.46. The molecule has 0 spiro atoms. The number of nitrogens with zero attached hydrogens (tertiary/aromatic N) is 4. The first-order chi connectivity index (χ1) is 12.0. The molecule has 4 aliphatic rings. The molecule has 2 fully saturated rings. The van der Waals surface area contributed by atoms with Gasteiger partial charge in [-0.05, 0) is 12.8 Å². The van der Waals surface area contributed by atoms with Crippen molar-refractivity contribution in [3.8, 4) is 0 Å². The molecule has 0 saturated carbocycles. The predicted molar refractivity (Wildman–Crippen MR) is 104 cm³/mol. The Hall–Kier alpha value is -1.01. The zero-order chi connectivity index (χ0) is 17.7. The molecule has 1 N–H and O–H groups in total. The monoisotopic (exact) mass is 478 g/mol. The summed E-state index contributed by atoms with van der Waals surface area (Å²) in [6.45, 7) is 5.59. The van der Waals surface area contributed by atoms with E-state index in [1.54, 1.807) is 11.8 Å². The van der Waals surface area contributed by atoms with E-state index >= 15 is 0 Å². The molecule has 0 aliphatic carbocycles. The lowest BCUT2D eigenvalue weighted by Gasteiger charge is -2.37. The van der Waals surface area contributed by atoms with Crippen molar-refractivity contribution in [2.75, 3.05) is 13.1 Å². The van der Waals surface area contributed by atoms with Crippen molar-refractivity contribution in [3.63, 3.8) is 0 Å². The first-order valence-corrected chi connectivity index (χ1v) is 11.3. The molecule has 2 unspecified atom stereocenters. The second-order valence-electron chi connectivity index (χ2n) is 6.62. The van der Waals surface area contributed by atoms with Gasteiger partial charge >= 0.3 is 11.9 Å². The molecule has 4 heterocycles. The lowest BCUT2D eigenvalue weighted by Crippen LogP contribution is -2.51. The number of carbonyl (C=O) groups excluding carboxylic acids is 1. The first kappa shape index (κ1) is 17.4. The second kappa shape index (κ2) is 6.62. The van der Waals surface area contributed by atoms with Crippen molar-refractivity contribution in [1.82, 2.24) is 8.23 Å². The summed E-state index contributed by atoms with van der Waals surface area (Å²) in [7, 11) is 0. The first-order valence-electron chi connectivity index (χ1n) is 8.15. The van der Waals surface area contributed by atoms with Crippen LogP contribution in [0, 0.1) is 11.8 Å². The van der Waals surface area contributed by atoms with Gasteiger partial charge in [-0.2, -0.15) is 3.22 Å². The van der Waals surface area contributed by atoms with Crippen molar-refractivity contribution >= 4 is 60.9 Å². The number of hydrogen-bond acceptors (Lipinski definition) is 8. The van der Waals surface area contributed by atoms with Crippen molar-refractivity contribution < 1.29 is 19.4 Å². The fourth-order valence-electron chi connectivity index (χ4n) is 3.72. The normalized spacial score (nSPS) is 40.2. The average Bonchev–Trinajstić information content (AvgIpc) is 3.10. The van der Waals surface area contributed by atoms with Crippen LogP contribution in [-0.4, -0.2) is 77.2 Å². The van der Waals surface area contributed by atoms with Gasteiger partial charge in [-0.3, -0.25) is 14.8 Å². The number of carboxylic acids is 1. The molecule has 0 bridgehead atoms. The summed E-state index contributed by atoms with van der Waals surface area (Å²) in [6, 6.07) is -0.300. The number of ether oxygens (including phenoxy) is 1. The average molecular weight is 478 g/mol. The van der Waals surface area contributed by atoms with E-state index in [4.69, 9.17) is 4.74 Å². The number of halogens is 1. The number of rotatable bonds is 4. The molecule has 10 heteroatoms. The number of aliphatic carboxylic acids is 1. The number of esters is 1. The third kappa shape index (κ3) is 3.01. The van der Waals surface area contributed by atoms with Crippen molar-refractivity contribution in [2.24, 2.45) is 21.8 Å². The summed E-state index contributed by atoms with van der Waals surface area (Å²) in [6.07, 6.45) is 1.65. The molecule has 136 valence electrons. The lowest BCUT2D eigenvalue weighted by atomic mass is 9.83. The topological polar surface area (TPSA) is 94.8 Å². The quantitative estimate of drug-likeness (QED) is 0.363. The van der Waals surface area contributed by atoms with Gasteiger partial charge < -0.3 is 9.84 Å². The molecule has 0 amide bonds. The highest BCUT2D eigenvalue weighted by molar-refractivity contribution is 14.2. The summed E-state index contributed by atoms with van der Waals surface area (Å²) in [5.74, 6) is -1.56. The van der Waals surface area contributed by atoms with E-state index in [1.807, 2.05) is 24.3 Å². The summed E-state index contributed by atoms with van der Waals surface area (Å²) in [5, 5.41) is 11.8. The van der Waals surface area contributed by atoms with Gasteiger partial charge in [0.1, 0.15) is 24.1 Å². The molecular weight excluding hydrogens is 459 g/mol. The van der Waals surface area contributed by atoms with Gasteiger partial charge in [0, 0.05) is 39.3 Å². The largest absolute Gasteiger partial charge is 0.477 e. The minimum Gasteiger partial charge on any atom is -0.477 e. The van der Waals surface area contributed by atoms with Gasteiger partial charge in [0.25, 0.3) is 0 Å². The molecule has 8 nitrogen and oxygen atoms in total. The molecule has 0 aromatic rings. The zero-order valence-electron chi connectivity index (χ0n) is 13.8. The fraction of sp³-hybridized carbons (Fsp3) is 0.667. The van der Waals surface area contributed by atoms with Gasteiger partial charge in [0.2, 0.25) is 0 Å². The van der Waals surface area contributed by atoms with Crippen LogP contribution in [0.4, 0.5) is 0 Å². The van der Waals surface area contributed by atoms with Crippen molar-refractivity contribution in [3.05, 3.63) is 0 Å². The number of cyclic esters (lactones) is 1. The maximum absolute atomic E-state index is 11.8. The third-order valence-corrected chi connectivity index (χ3v) is 8.81. The van der Waals surface area contributed by atoms with E-state index in [2.05, 4.69) is 18.2 Å². The van der Waals surface area contributed by atoms with Crippen molar-refractivity contribution in [2.45, 2.75) is 36.5 Å². The smallest absolute Gasteiger partial charge is 0.350 e. The molecule has 4 aliphatic heterocycles. The number of hydrogen-bond donors (Lipinski definition) is 1. The lowest BCUT2D eigenvalue weighted by molar-refractivity contribution is -0.184. The maximum atomic E-state index is 11.8. The Labute approximate surface area is 159 Å². The SMILES string of the molecule is C[C@H]1OC(=O)[C@H]1[C@@H]1N=C(C(=O)O)C(SC2CN3C=NC=IN3C2)[C@@H]1C.